The number of hydrogen-bond donors (Lipinski definition) is 0. The summed E-state index contributed by atoms with van der Waals surface area (Å²) in [4.78, 5) is 27.7. The van der Waals surface area contributed by atoms with Crippen LogP contribution < -0.4 is 0 Å². The van der Waals surface area contributed by atoms with Gasteiger partial charge in [-0.2, -0.15) is 5.10 Å². The summed E-state index contributed by atoms with van der Waals surface area (Å²) in [6, 6.07) is 0. The monoisotopic (exact) mass is 263 g/mol. The largest absolute Gasteiger partial charge is 0.465 e. The molecule has 0 saturated carbocycles. The van der Waals surface area contributed by atoms with E-state index in [0.717, 1.165) is 0 Å². The van der Waals surface area contributed by atoms with Gasteiger partial charge in [0.15, 0.2) is 0 Å². The first-order valence-electron chi connectivity index (χ1n) is 5.52. The number of aryl methyl sites for hydroxylation is 2. The van der Waals surface area contributed by atoms with Gasteiger partial charge >= 0.3 is 11.9 Å². The van der Waals surface area contributed by atoms with Crippen LogP contribution in [0.2, 0.25) is 0 Å². The third kappa shape index (κ3) is 1.92. The van der Waals surface area contributed by atoms with Gasteiger partial charge in [-0.1, -0.05) is 0 Å². The third-order valence-corrected chi connectivity index (χ3v) is 2.81. The van der Waals surface area contributed by atoms with Crippen molar-refractivity contribution in [2.24, 2.45) is 0 Å². The molecule has 0 amide bonds. The molecule has 0 aromatic carbocycles. The van der Waals surface area contributed by atoms with Crippen LogP contribution in [-0.2, 0) is 9.47 Å². The lowest BCUT2D eigenvalue weighted by Crippen LogP contribution is -2.10. The van der Waals surface area contributed by atoms with Crippen molar-refractivity contribution in [3.05, 3.63) is 28.8 Å². The first-order valence-corrected chi connectivity index (χ1v) is 5.52. The molecule has 2 rings (SSSR count). The average molecular weight is 263 g/mol. The number of rotatable bonds is 2. The number of hydrogen-bond acceptors (Lipinski definition) is 6. The normalized spacial score (nSPS) is 10.5. The van der Waals surface area contributed by atoms with Gasteiger partial charge in [-0.15, -0.1) is 0 Å². The minimum absolute atomic E-state index is 0.117. The predicted octanol–water partition coefficient (Wildman–Crippen LogP) is 0.919. The zero-order valence-corrected chi connectivity index (χ0v) is 11.1. The van der Waals surface area contributed by atoms with Crippen molar-refractivity contribution in [1.29, 1.82) is 0 Å². The van der Waals surface area contributed by atoms with Crippen molar-refractivity contribution < 1.29 is 19.1 Å². The molecule has 0 aliphatic rings. The van der Waals surface area contributed by atoms with Crippen LogP contribution in [0.15, 0.2) is 6.20 Å². The van der Waals surface area contributed by atoms with E-state index in [1.165, 1.54) is 24.9 Å². The average Bonchev–Trinajstić information content (AvgIpc) is 2.70. The molecule has 2 aromatic heterocycles. The maximum Gasteiger partial charge on any atom is 0.341 e. The number of methoxy groups -OCH3 is 2. The maximum absolute atomic E-state index is 11.9. The lowest BCUT2D eigenvalue weighted by atomic mass is 10.1. The molecule has 0 spiro atoms. The Labute approximate surface area is 109 Å². The predicted molar refractivity (Wildman–Crippen MR) is 65.1 cm³/mol. The van der Waals surface area contributed by atoms with Crippen molar-refractivity contribution in [1.82, 2.24) is 14.6 Å². The molecule has 0 fully saturated rings. The van der Waals surface area contributed by atoms with Gasteiger partial charge in [0.25, 0.3) is 0 Å². The highest BCUT2D eigenvalue weighted by Gasteiger charge is 2.28. The highest BCUT2D eigenvalue weighted by molar-refractivity contribution is 6.09. The fraction of sp³-hybridized carbons (Fsp3) is 0.333. The van der Waals surface area contributed by atoms with Gasteiger partial charge < -0.3 is 9.47 Å². The number of ether oxygens (including phenoxy) is 2. The van der Waals surface area contributed by atoms with Gasteiger partial charge in [-0.05, 0) is 13.8 Å². The Morgan fingerprint density at radius 2 is 1.68 bits per heavy atom. The molecular weight excluding hydrogens is 250 g/mol. The van der Waals surface area contributed by atoms with Crippen molar-refractivity contribution in [3.63, 3.8) is 0 Å². The van der Waals surface area contributed by atoms with Crippen LogP contribution in [0.1, 0.15) is 32.2 Å². The van der Waals surface area contributed by atoms with E-state index in [4.69, 9.17) is 9.47 Å². The molecule has 19 heavy (non-hydrogen) atoms. The summed E-state index contributed by atoms with van der Waals surface area (Å²) in [5.41, 5.74) is 1.18. The minimum atomic E-state index is -0.626. The summed E-state index contributed by atoms with van der Waals surface area (Å²) >= 11 is 0. The van der Waals surface area contributed by atoms with E-state index in [1.807, 2.05) is 0 Å². The highest BCUT2D eigenvalue weighted by Crippen LogP contribution is 2.23. The molecular formula is C12H13N3O4. The summed E-state index contributed by atoms with van der Waals surface area (Å²) in [6.45, 7) is 3.40. The highest BCUT2D eigenvalue weighted by atomic mass is 16.5. The van der Waals surface area contributed by atoms with Crippen molar-refractivity contribution in [2.45, 2.75) is 13.8 Å². The number of esters is 2. The van der Waals surface area contributed by atoms with E-state index in [1.54, 1.807) is 13.8 Å². The molecule has 0 aliphatic heterocycles. The van der Waals surface area contributed by atoms with Gasteiger partial charge in [0.2, 0.25) is 0 Å². The molecule has 0 bridgehead atoms. The summed E-state index contributed by atoms with van der Waals surface area (Å²) < 4.78 is 10.9. The Kier molecular flexibility index (Phi) is 3.20. The Morgan fingerprint density at radius 1 is 1.11 bits per heavy atom. The molecule has 0 radical (unpaired) electrons. The SMILES string of the molecule is COC(=O)c1c(C(=O)OC)c2cnc(C)nn2c1C. The van der Waals surface area contributed by atoms with Crippen molar-refractivity contribution in [3.8, 4) is 0 Å². The Balaban J connectivity index is 2.88. The van der Waals surface area contributed by atoms with Crippen LogP contribution >= 0.6 is 0 Å². The van der Waals surface area contributed by atoms with Crippen LogP contribution in [-0.4, -0.2) is 40.8 Å². The Hall–Kier alpha value is -2.44. The van der Waals surface area contributed by atoms with E-state index in [2.05, 4.69) is 10.1 Å². The molecule has 7 nitrogen and oxygen atoms in total. The number of carbonyl (C=O) groups is 2. The molecule has 0 atom stereocenters. The zero-order chi connectivity index (χ0) is 14.2. The second-order valence-electron chi connectivity index (χ2n) is 3.92. The lowest BCUT2D eigenvalue weighted by molar-refractivity contribution is 0.0557. The Bertz CT molecular complexity index is 675. The number of fused-ring (bicyclic) bond motifs is 1. The Morgan fingerprint density at radius 3 is 2.26 bits per heavy atom. The van der Waals surface area contributed by atoms with Crippen LogP contribution in [0.3, 0.4) is 0 Å². The van der Waals surface area contributed by atoms with Gasteiger partial charge in [0.1, 0.15) is 11.4 Å². The second kappa shape index (κ2) is 4.68. The van der Waals surface area contributed by atoms with E-state index in [-0.39, 0.29) is 11.1 Å². The molecule has 0 saturated heterocycles. The first kappa shape index (κ1) is 13.0. The number of aromatic nitrogens is 3. The molecule has 0 N–H and O–H groups in total. The van der Waals surface area contributed by atoms with Gasteiger partial charge in [-0.3, -0.25) is 0 Å². The van der Waals surface area contributed by atoms with Crippen LogP contribution in [0.25, 0.3) is 5.52 Å². The summed E-state index contributed by atoms with van der Waals surface area (Å²) in [5.74, 6) is -0.710. The van der Waals surface area contributed by atoms with Gasteiger partial charge in [0.05, 0.1) is 37.2 Å². The quantitative estimate of drug-likeness (QED) is 0.749. The fourth-order valence-electron chi connectivity index (χ4n) is 1.94. The van der Waals surface area contributed by atoms with Crippen LogP contribution in [0.5, 0.6) is 0 Å². The van der Waals surface area contributed by atoms with E-state index in [0.29, 0.717) is 17.0 Å². The van der Waals surface area contributed by atoms with Gasteiger partial charge in [0, 0.05) is 0 Å². The van der Waals surface area contributed by atoms with E-state index in [9.17, 15) is 9.59 Å². The van der Waals surface area contributed by atoms with Crippen molar-refractivity contribution >= 4 is 17.5 Å². The maximum atomic E-state index is 11.9. The smallest absolute Gasteiger partial charge is 0.341 e. The molecule has 100 valence electrons. The number of carbonyl (C=O) groups excluding carboxylic acids is 2. The minimum Gasteiger partial charge on any atom is -0.465 e. The van der Waals surface area contributed by atoms with Crippen LogP contribution in [0, 0.1) is 13.8 Å². The first-order chi connectivity index (χ1) is 9.01. The summed E-state index contributed by atoms with van der Waals surface area (Å²) in [5, 5.41) is 4.18. The van der Waals surface area contributed by atoms with Gasteiger partial charge in [-0.25, -0.2) is 19.1 Å². The van der Waals surface area contributed by atoms with Crippen LogP contribution in [0.4, 0.5) is 0 Å². The molecule has 2 aromatic rings. The molecule has 7 heteroatoms. The third-order valence-electron chi connectivity index (χ3n) is 2.81. The number of nitrogens with zero attached hydrogens (tertiary/aromatic N) is 3. The summed E-state index contributed by atoms with van der Waals surface area (Å²) in [7, 11) is 2.50. The fourth-order valence-corrected chi connectivity index (χ4v) is 1.94. The second-order valence-corrected chi connectivity index (χ2v) is 3.92. The summed E-state index contributed by atoms with van der Waals surface area (Å²) in [6.07, 6.45) is 1.48. The van der Waals surface area contributed by atoms with E-state index >= 15 is 0 Å². The zero-order valence-electron chi connectivity index (χ0n) is 11.1. The molecule has 0 unspecified atom stereocenters. The molecule has 2 heterocycles. The van der Waals surface area contributed by atoms with E-state index < -0.39 is 11.9 Å². The standard InChI is InChI=1S/C12H13N3O4/c1-6-9(11(16)18-3)10(12(17)19-4)8-5-13-7(2)14-15(6)8/h5H,1-4H3. The lowest BCUT2D eigenvalue weighted by Gasteiger charge is -2.01. The molecule has 0 aliphatic carbocycles. The van der Waals surface area contributed by atoms with Crippen molar-refractivity contribution in [2.75, 3.05) is 14.2 Å². The topological polar surface area (TPSA) is 82.8 Å².